The number of rotatable bonds is 3. The Bertz CT molecular complexity index is 1750. The van der Waals surface area contributed by atoms with Gasteiger partial charge < -0.3 is 4.42 Å². The number of benzene rings is 3. The van der Waals surface area contributed by atoms with Gasteiger partial charge in [-0.1, -0.05) is 58.9 Å². The van der Waals surface area contributed by atoms with E-state index in [4.69, 9.17) is 9.40 Å². The van der Waals surface area contributed by atoms with Gasteiger partial charge in [-0.3, -0.25) is 0 Å². The number of nitrogens with zero attached hydrogens (tertiary/aromatic N) is 2. The smallest absolute Gasteiger partial charge is 0.143 e. The first kappa shape index (κ1) is 22.2. The van der Waals surface area contributed by atoms with E-state index in [2.05, 4.69) is 95.1 Å². The Morgan fingerprint density at radius 3 is 2.51 bits per heavy atom. The van der Waals surface area contributed by atoms with Crippen LogP contribution in [-0.2, 0) is 11.8 Å². The van der Waals surface area contributed by atoms with E-state index in [9.17, 15) is 0 Å². The summed E-state index contributed by atoms with van der Waals surface area (Å²) in [6.45, 7) is 13.5. The highest BCUT2D eigenvalue weighted by molar-refractivity contribution is 7.25. The molecule has 0 saturated heterocycles. The van der Waals surface area contributed by atoms with Crippen LogP contribution in [0, 0.1) is 12.8 Å². The Hall–Kier alpha value is -3.24. The van der Waals surface area contributed by atoms with Gasteiger partial charge in [0.25, 0.3) is 0 Å². The van der Waals surface area contributed by atoms with E-state index in [1.165, 1.54) is 32.0 Å². The summed E-state index contributed by atoms with van der Waals surface area (Å²) in [7, 11) is 0. The minimum absolute atomic E-state index is 0.00953. The number of fused-ring (bicyclic) bond motifs is 6. The van der Waals surface area contributed by atoms with Gasteiger partial charge in [-0.2, -0.15) is 0 Å². The molecule has 3 heterocycles. The highest BCUT2D eigenvalue weighted by Crippen LogP contribution is 2.44. The lowest BCUT2D eigenvalue weighted by molar-refractivity contribution is 0.498. The molecule has 0 atom stereocenters. The normalized spacial score (nSPS) is 12.7. The largest absolute Gasteiger partial charge is 0.460 e. The maximum absolute atomic E-state index is 6.58. The van der Waals surface area contributed by atoms with Crippen LogP contribution in [0.5, 0.6) is 0 Å². The van der Waals surface area contributed by atoms with Crippen LogP contribution >= 0.6 is 11.3 Å². The average molecular weight is 479 g/mol. The van der Waals surface area contributed by atoms with Gasteiger partial charge in [0.05, 0.1) is 5.69 Å². The molecule has 4 heteroatoms. The molecule has 0 bridgehead atoms. The summed E-state index contributed by atoms with van der Waals surface area (Å²) in [6, 6.07) is 17.7. The van der Waals surface area contributed by atoms with Crippen LogP contribution in [0.3, 0.4) is 0 Å². The van der Waals surface area contributed by atoms with Gasteiger partial charge in [-0.05, 0) is 64.4 Å². The van der Waals surface area contributed by atoms with Gasteiger partial charge in [0.2, 0.25) is 0 Å². The highest BCUT2D eigenvalue weighted by atomic mass is 32.1. The Morgan fingerprint density at radius 1 is 0.943 bits per heavy atom. The first-order valence-electron chi connectivity index (χ1n) is 12.3. The Balaban J connectivity index is 1.71. The topological polar surface area (TPSA) is 38.9 Å². The fourth-order valence-corrected chi connectivity index (χ4v) is 6.31. The van der Waals surface area contributed by atoms with Crippen molar-refractivity contribution in [3.05, 3.63) is 71.7 Å². The van der Waals surface area contributed by atoms with Crippen LogP contribution in [0.25, 0.3) is 53.3 Å². The van der Waals surface area contributed by atoms with Crippen molar-refractivity contribution in [2.45, 2.75) is 53.4 Å². The van der Waals surface area contributed by atoms with E-state index in [0.29, 0.717) is 5.92 Å². The van der Waals surface area contributed by atoms with Gasteiger partial charge in [0.1, 0.15) is 22.5 Å². The molecule has 176 valence electrons. The Morgan fingerprint density at radius 2 is 1.74 bits per heavy atom. The molecule has 3 nitrogen and oxygen atoms in total. The van der Waals surface area contributed by atoms with Gasteiger partial charge in [-0.15, -0.1) is 11.3 Å². The van der Waals surface area contributed by atoms with E-state index in [-0.39, 0.29) is 5.41 Å². The van der Waals surface area contributed by atoms with Gasteiger partial charge in [0, 0.05) is 32.8 Å². The van der Waals surface area contributed by atoms with Crippen molar-refractivity contribution in [2.75, 3.05) is 0 Å². The minimum Gasteiger partial charge on any atom is -0.460 e. The zero-order valence-corrected chi connectivity index (χ0v) is 22.0. The highest BCUT2D eigenvalue weighted by Gasteiger charge is 2.23. The Kier molecular flexibility index (Phi) is 5.01. The average Bonchev–Trinajstić information content (AvgIpc) is 3.34. The lowest BCUT2D eigenvalue weighted by Gasteiger charge is -2.22. The third-order valence-electron chi connectivity index (χ3n) is 6.97. The SMILES string of the molecule is Cc1c(CC(C)C)oc2c1ccc1sc3ncnc(-c4cc(C(C)(C)C)c5ccccc5c4)c3c12. The fraction of sp³-hybridized carbons (Fsp3) is 0.290. The van der Waals surface area contributed by atoms with Crippen LogP contribution in [0.2, 0.25) is 0 Å². The van der Waals surface area contributed by atoms with Crippen LogP contribution in [0.4, 0.5) is 0 Å². The maximum atomic E-state index is 6.58. The van der Waals surface area contributed by atoms with Crippen molar-refractivity contribution in [3.8, 4) is 11.3 Å². The zero-order chi connectivity index (χ0) is 24.5. The third-order valence-corrected chi connectivity index (χ3v) is 8.04. The second kappa shape index (κ2) is 7.89. The molecule has 3 aromatic carbocycles. The summed E-state index contributed by atoms with van der Waals surface area (Å²) in [4.78, 5) is 10.6. The molecule has 0 unspecified atom stereocenters. The molecule has 6 rings (SSSR count). The standard InChI is InChI=1S/C31H30N2OS/c1-17(2)13-24-18(3)21-11-12-25-26(29(21)34-24)27-28(32-16-33-30(27)35-25)20-14-19-9-7-8-10-22(19)23(15-20)31(4,5)6/h7-12,14-17H,13H2,1-6H3. The first-order chi connectivity index (χ1) is 16.7. The maximum Gasteiger partial charge on any atom is 0.143 e. The molecule has 0 spiro atoms. The number of furan rings is 1. The van der Waals surface area contributed by atoms with Crippen molar-refractivity contribution in [1.29, 1.82) is 0 Å². The summed E-state index contributed by atoms with van der Waals surface area (Å²) < 4.78 is 7.77. The van der Waals surface area contributed by atoms with Crippen LogP contribution in [0.15, 0.2) is 59.3 Å². The molecule has 6 aromatic rings. The van der Waals surface area contributed by atoms with Crippen LogP contribution in [-0.4, -0.2) is 9.97 Å². The number of hydrogen-bond acceptors (Lipinski definition) is 4. The second-order valence-electron chi connectivity index (χ2n) is 11.1. The van der Waals surface area contributed by atoms with Gasteiger partial charge >= 0.3 is 0 Å². The molecule has 0 saturated carbocycles. The molecule has 0 radical (unpaired) electrons. The summed E-state index contributed by atoms with van der Waals surface area (Å²) in [5.74, 6) is 1.62. The van der Waals surface area contributed by atoms with E-state index < -0.39 is 0 Å². The Labute approximate surface area is 209 Å². The molecule has 0 fully saturated rings. The zero-order valence-electron chi connectivity index (χ0n) is 21.2. The molecular formula is C31H30N2OS. The quantitative estimate of drug-likeness (QED) is 0.254. The van der Waals surface area contributed by atoms with Crippen molar-refractivity contribution in [1.82, 2.24) is 9.97 Å². The predicted octanol–water partition coefficient (Wildman–Crippen LogP) is 9.22. The second-order valence-corrected chi connectivity index (χ2v) is 12.1. The molecule has 0 N–H and O–H groups in total. The van der Waals surface area contributed by atoms with E-state index in [0.717, 1.165) is 44.6 Å². The molecule has 35 heavy (non-hydrogen) atoms. The molecule has 0 aliphatic rings. The summed E-state index contributed by atoms with van der Waals surface area (Å²) in [5.41, 5.74) is 5.65. The fourth-order valence-electron chi connectivity index (χ4n) is 5.27. The molecule has 0 aliphatic carbocycles. The molecule has 3 aromatic heterocycles. The van der Waals surface area contributed by atoms with Crippen molar-refractivity contribution < 1.29 is 4.42 Å². The van der Waals surface area contributed by atoms with Crippen molar-refractivity contribution in [2.24, 2.45) is 5.92 Å². The van der Waals surface area contributed by atoms with Crippen molar-refractivity contribution >= 4 is 53.4 Å². The third kappa shape index (κ3) is 3.54. The molecular weight excluding hydrogens is 448 g/mol. The number of thiophene rings is 1. The van der Waals surface area contributed by atoms with Gasteiger partial charge in [0.15, 0.2) is 0 Å². The van der Waals surface area contributed by atoms with Gasteiger partial charge in [-0.25, -0.2) is 9.97 Å². The monoisotopic (exact) mass is 478 g/mol. The van der Waals surface area contributed by atoms with E-state index in [1.54, 1.807) is 17.7 Å². The summed E-state index contributed by atoms with van der Waals surface area (Å²) in [5, 5.41) is 5.96. The number of aryl methyl sites for hydroxylation is 1. The predicted molar refractivity (Wildman–Crippen MR) is 150 cm³/mol. The summed E-state index contributed by atoms with van der Waals surface area (Å²) >= 11 is 1.72. The summed E-state index contributed by atoms with van der Waals surface area (Å²) in [6.07, 6.45) is 2.64. The lowest BCUT2D eigenvalue weighted by atomic mass is 9.82. The lowest BCUT2D eigenvalue weighted by Crippen LogP contribution is -2.12. The molecule has 0 amide bonds. The van der Waals surface area contributed by atoms with Crippen LogP contribution in [0.1, 0.15) is 51.5 Å². The number of aromatic nitrogens is 2. The molecule has 0 aliphatic heterocycles. The number of hydrogen-bond donors (Lipinski definition) is 0. The minimum atomic E-state index is 0.00953. The van der Waals surface area contributed by atoms with E-state index >= 15 is 0 Å². The first-order valence-corrected chi connectivity index (χ1v) is 13.2. The van der Waals surface area contributed by atoms with E-state index in [1.807, 2.05) is 0 Å². The van der Waals surface area contributed by atoms with Crippen LogP contribution < -0.4 is 0 Å². The van der Waals surface area contributed by atoms with Crippen molar-refractivity contribution in [3.63, 3.8) is 0 Å².